The zero-order chi connectivity index (χ0) is 17.9. The van der Waals surface area contributed by atoms with Crippen molar-refractivity contribution in [2.75, 3.05) is 19.8 Å². The van der Waals surface area contributed by atoms with E-state index < -0.39 is 9.84 Å². The summed E-state index contributed by atoms with van der Waals surface area (Å²) in [5.41, 5.74) is 0.896. The second-order valence-electron chi connectivity index (χ2n) is 5.96. The number of sulfone groups is 1. The van der Waals surface area contributed by atoms with E-state index >= 15 is 0 Å². The molecule has 0 saturated carbocycles. The van der Waals surface area contributed by atoms with Gasteiger partial charge in [0.1, 0.15) is 30.8 Å². The molecule has 1 atom stereocenters. The van der Waals surface area contributed by atoms with Gasteiger partial charge in [0, 0.05) is 0 Å². The number of epoxide rings is 1. The van der Waals surface area contributed by atoms with Crippen molar-refractivity contribution < 1.29 is 22.6 Å². The van der Waals surface area contributed by atoms with Gasteiger partial charge in [-0.25, -0.2) is 8.42 Å². The van der Waals surface area contributed by atoms with Crippen molar-refractivity contribution in [2.24, 2.45) is 0 Å². The van der Waals surface area contributed by atoms with Crippen molar-refractivity contribution in [1.29, 1.82) is 0 Å². The predicted molar refractivity (Wildman–Crippen MR) is 93.9 cm³/mol. The number of hydrogen-bond acceptors (Lipinski definition) is 5. The monoisotopic (exact) mass is 360 g/mol. The van der Waals surface area contributed by atoms with E-state index in [1.54, 1.807) is 36.4 Å². The lowest BCUT2D eigenvalue weighted by Gasteiger charge is -2.09. The van der Waals surface area contributed by atoms with Crippen molar-refractivity contribution in [3.05, 3.63) is 60.7 Å². The van der Waals surface area contributed by atoms with Gasteiger partial charge < -0.3 is 14.2 Å². The summed E-state index contributed by atoms with van der Waals surface area (Å²) in [6.07, 6.45) is 0.161. The Bertz CT molecular complexity index is 834. The van der Waals surface area contributed by atoms with Gasteiger partial charge in [0.15, 0.2) is 0 Å². The molecule has 1 unspecified atom stereocenters. The van der Waals surface area contributed by atoms with Gasteiger partial charge in [0.05, 0.1) is 16.4 Å². The van der Waals surface area contributed by atoms with E-state index in [0.717, 1.165) is 12.2 Å². The molecule has 2 aromatic rings. The molecule has 132 valence electrons. The highest BCUT2D eigenvalue weighted by atomic mass is 32.2. The van der Waals surface area contributed by atoms with Gasteiger partial charge in [0.2, 0.25) is 9.84 Å². The lowest BCUT2D eigenvalue weighted by molar-refractivity contribution is 0.263. The van der Waals surface area contributed by atoms with Gasteiger partial charge in [-0.15, -0.1) is 0 Å². The highest BCUT2D eigenvalue weighted by molar-refractivity contribution is 7.91. The summed E-state index contributed by atoms with van der Waals surface area (Å²) in [5.74, 6) is 1.23. The summed E-state index contributed by atoms with van der Waals surface area (Å²) in [5, 5.41) is 0. The maximum atomic E-state index is 12.7. The van der Waals surface area contributed by atoms with Crippen molar-refractivity contribution in [3.8, 4) is 11.5 Å². The van der Waals surface area contributed by atoms with Crippen molar-refractivity contribution in [1.82, 2.24) is 0 Å². The van der Waals surface area contributed by atoms with Crippen LogP contribution in [0.1, 0.15) is 6.92 Å². The lowest BCUT2D eigenvalue weighted by atomic mass is 10.3. The van der Waals surface area contributed by atoms with Gasteiger partial charge in [-0.05, 0) is 61.0 Å². The van der Waals surface area contributed by atoms with Crippen LogP contribution in [-0.4, -0.2) is 34.3 Å². The van der Waals surface area contributed by atoms with Crippen molar-refractivity contribution in [2.45, 2.75) is 22.8 Å². The average Bonchev–Trinajstić information content (AvgIpc) is 3.43. The first-order valence-corrected chi connectivity index (χ1v) is 9.40. The molecule has 6 heteroatoms. The number of ether oxygens (including phenoxy) is 3. The summed E-state index contributed by atoms with van der Waals surface area (Å²) in [4.78, 5) is 0.438. The van der Waals surface area contributed by atoms with Gasteiger partial charge in [-0.2, -0.15) is 0 Å². The van der Waals surface area contributed by atoms with Crippen LogP contribution in [-0.2, 0) is 14.6 Å². The summed E-state index contributed by atoms with van der Waals surface area (Å²) < 4.78 is 41.4. The Balaban J connectivity index is 1.70. The zero-order valence-corrected chi connectivity index (χ0v) is 14.8. The number of hydrogen-bond donors (Lipinski definition) is 0. The van der Waals surface area contributed by atoms with Crippen LogP contribution in [0.4, 0.5) is 0 Å². The molecule has 1 fully saturated rings. The first-order valence-electron chi connectivity index (χ1n) is 7.92. The molecule has 1 saturated heterocycles. The first-order chi connectivity index (χ1) is 11.9. The molecule has 25 heavy (non-hydrogen) atoms. The SMILES string of the molecule is C=C(C)COc1ccc(S(=O)(=O)c2ccc(OCC3CO3)cc2)cc1. The molecule has 1 aliphatic heterocycles. The highest BCUT2D eigenvalue weighted by Crippen LogP contribution is 2.25. The fourth-order valence-corrected chi connectivity index (χ4v) is 3.39. The largest absolute Gasteiger partial charge is 0.491 e. The molecule has 0 radical (unpaired) electrons. The smallest absolute Gasteiger partial charge is 0.206 e. The van der Waals surface area contributed by atoms with Crippen LogP contribution in [0.3, 0.4) is 0 Å². The third kappa shape index (κ3) is 4.61. The quantitative estimate of drug-likeness (QED) is 0.534. The molecule has 0 aromatic heterocycles. The molecule has 2 aromatic carbocycles. The van der Waals surface area contributed by atoms with E-state index in [-0.39, 0.29) is 15.9 Å². The summed E-state index contributed by atoms with van der Waals surface area (Å²) >= 11 is 0. The Morgan fingerprint density at radius 3 is 1.96 bits per heavy atom. The fourth-order valence-electron chi connectivity index (χ4n) is 2.13. The number of benzene rings is 2. The Morgan fingerprint density at radius 2 is 1.52 bits per heavy atom. The molecule has 0 amide bonds. The second kappa shape index (κ2) is 7.29. The molecule has 3 rings (SSSR count). The van der Waals surface area contributed by atoms with E-state index in [9.17, 15) is 8.42 Å². The molecule has 0 N–H and O–H groups in total. The molecule has 5 nitrogen and oxygen atoms in total. The minimum atomic E-state index is -3.58. The maximum absolute atomic E-state index is 12.7. The maximum Gasteiger partial charge on any atom is 0.206 e. The minimum absolute atomic E-state index is 0.161. The van der Waals surface area contributed by atoms with E-state index in [4.69, 9.17) is 14.2 Å². The van der Waals surface area contributed by atoms with Gasteiger partial charge in [-0.3, -0.25) is 0 Å². The Morgan fingerprint density at radius 1 is 1.04 bits per heavy atom. The van der Waals surface area contributed by atoms with Crippen LogP contribution in [0.25, 0.3) is 0 Å². The normalized spacial score (nSPS) is 16.3. The van der Waals surface area contributed by atoms with Crippen LogP contribution in [0.2, 0.25) is 0 Å². The molecule has 0 aliphatic carbocycles. The van der Waals surface area contributed by atoms with E-state index in [1.165, 1.54) is 12.1 Å². The summed E-state index contributed by atoms with van der Waals surface area (Å²) in [7, 11) is -3.58. The number of rotatable bonds is 8. The summed E-state index contributed by atoms with van der Waals surface area (Å²) in [6.45, 7) is 7.23. The summed E-state index contributed by atoms with van der Waals surface area (Å²) in [6, 6.07) is 12.8. The van der Waals surface area contributed by atoms with Gasteiger partial charge >= 0.3 is 0 Å². The second-order valence-corrected chi connectivity index (χ2v) is 7.91. The Hall–Kier alpha value is -2.31. The molecular formula is C19H20O5S. The van der Waals surface area contributed by atoms with E-state index in [2.05, 4.69) is 6.58 Å². The van der Waals surface area contributed by atoms with E-state index in [1.807, 2.05) is 6.92 Å². The average molecular weight is 360 g/mol. The molecule has 1 heterocycles. The Labute approximate surface area is 147 Å². The van der Waals surface area contributed by atoms with Gasteiger partial charge in [-0.1, -0.05) is 6.58 Å². The third-order valence-electron chi connectivity index (χ3n) is 3.59. The van der Waals surface area contributed by atoms with E-state index in [0.29, 0.717) is 24.7 Å². The minimum Gasteiger partial charge on any atom is -0.491 e. The molecule has 0 bridgehead atoms. The van der Waals surface area contributed by atoms with Crippen LogP contribution >= 0.6 is 0 Å². The molecule has 1 aliphatic rings. The third-order valence-corrected chi connectivity index (χ3v) is 5.38. The van der Waals surface area contributed by atoms with Crippen molar-refractivity contribution in [3.63, 3.8) is 0 Å². The molecule has 0 spiro atoms. The van der Waals surface area contributed by atoms with Crippen LogP contribution in [0, 0.1) is 0 Å². The van der Waals surface area contributed by atoms with Crippen molar-refractivity contribution >= 4 is 9.84 Å². The van der Waals surface area contributed by atoms with Crippen LogP contribution < -0.4 is 9.47 Å². The highest BCUT2D eigenvalue weighted by Gasteiger charge is 2.23. The Kier molecular flexibility index (Phi) is 5.11. The fraction of sp³-hybridized carbons (Fsp3) is 0.263. The predicted octanol–water partition coefficient (Wildman–Crippen LogP) is 3.25. The topological polar surface area (TPSA) is 65.1 Å². The van der Waals surface area contributed by atoms with Gasteiger partial charge in [0.25, 0.3) is 0 Å². The lowest BCUT2D eigenvalue weighted by Crippen LogP contribution is -2.05. The molecular weight excluding hydrogens is 340 g/mol. The van der Waals surface area contributed by atoms with Crippen LogP contribution in [0.5, 0.6) is 11.5 Å². The standard InChI is InChI=1S/C19H20O5S/c1-14(2)11-22-15-3-7-18(8-4-15)25(20,21)19-9-5-16(6-10-19)23-12-17-13-24-17/h3-10,17H,1,11-13H2,2H3. The zero-order valence-electron chi connectivity index (χ0n) is 14.0. The van der Waals surface area contributed by atoms with Crippen LogP contribution in [0.15, 0.2) is 70.5 Å². The first kappa shape index (κ1) is 17.5.